The predicted octanol–water partition coefficient (Wildman–Crippen LogP) is 2.76. The van der Waals surface area contributed by atoms with E-state index in [2.05, 4.69) is 24.1 Å². The molecule has 0 spiro atoms. The molecule has 2 aromatic rings. The number of likely N-dealkylation sites (N-methyl/N-ethyl adjacent to an activating group) is 1. The second-order valence-electron chi connectivity index (χ2n) is 7.76. The molecule has 0 saturated carbocycles. The van der Waals surface area contributed by atoms with Crippen LogP contribution in [-0.2, 0) is 14.8 Å². The van der Waals surface area contributed by atoms with Crippen molar-refractivity contribution in [2.24, 2.45) is 0 Å². The van der Waals surface area contributed by atoms with Gasteiger partial charge in [-0.1, -0.05) is 32.0 Å². The fourth-order valence-electron chi connectivity index (χ4n) is 3.32. The number of nitrogens with zero attached hydrogens (tertiary/aromatic N) is 2. The van der Waals surface area contributed by atoms with Crippen molar-refractivity contribution in [1.82, 2.24) is 9.21 Å². The molecule has 0 aromatic heterocycles. The lowest BCUT2D eigenvalue weighted by atomic mass is 10.0. The largest absolute Gasteiger partial charge is 0.483 e. The fraction of sp³-hybridized carbons (Fsp3) is 0.409. The number of benzene rings is 2. The SMILES string of the molecule is CC(C)c1ccccc1OCC(=O)Nc1ccc(S(=O)(=O)N2CCN(C)CC2)cc1. The van der Waals surface area contributed by atoms with Gasteiger partial charge in [-0.3, -0.25) is 4.79 Å². The molecule has 30 heavy (non-hydrogen) atoms. The molecule has 0 radical (unpaired) electrons. The number of carbonyl (C=O) groups excluding carboxylic acids is 1. The molecule has 0 unspecified atom stereocenters. The lowest BCUT2D eigenvalue weighted by molar-refractivity contribution is -0.118. The number of ether oxygens (including phenoxy) is 1. The number of hydrogen-bond donors (Lipinski definition) is 1. The second-order valence-corrected chi connectivity index (χ2v) is 9.70. The molecule has 0 bridgehead atoms. The molecule has 1 saturated heterocycles. The van der Waals surface area contributed by atoms with Gasteiger partial charge in [0.1, 0.15) is 5.75 Å². The number of sulfonamides is 1. The zero-order chi connectivity index (χ0) is 21.7. The van der Waals surface area contributed by atoms with Crippen LogP contribution >= 0.6 is 0 Å². The van der Waals surface area contributed by atoms with Gasteiger partial charge >= 0.3 is 0 Å². The molecule has 1 fully saturated rings. The van der Waals surface area contributed by atoms with Gasteiger partial charge in [0.15, 0.2) is 6.61 Å². The number of amides is 1. The molecular weight excluding hydrogens is 402 g/mol. The molecule has 1 aliphatic rings. The van der Waals surface area contributed by atoms with Gasteiger partial charge in [-0.2, -0.15) is 4.31 Å². The normalized spacial score (nSPS) is 15.9. The molecule has 1 heterocycles. The van der Waals surface area contributed by atoms with Crippen LogP contribution in [0.1, 0.15) is 25.3 Å². The van der Waals surface area contributed by atoms with E-state index < -0.39 is 10.0 Å². The molecule has 1 aliphatic heterocycles. The number of rotatable bonds is 7. The van der Waals surface area contributed by atoms with E-state index in [9.17, 15) is 13.2 Å². The van der Waals surface area contributed by atoms with Crippen LogP contribution in [0.25, 0.3) is 0 Å². The van der Waals surface area contributed by atoms with Gasteiger partial charge in [-0.15, -0.1) is 0 Å². The maximum Gasteiger partial charge on any atom is 0.262 e. The lowest BCUT2D eigenvalue weighted by Crippen LogP contribution is -2.46. The summed E-state index contributed by atoms with van der Waals surface area (Å²) in [4.78, 5) is 14.6. The van der Waals surface area contributed by atoms with Gasteiger partial charge in [0.2, 0.25) is 10.0 Å². The van der Waals surface area contributed by atoms with E-state index in [1.807, 2.05) is 31.3 Å². The molecule has 0 aliphatic carbocycles. The van der Waals surface area contributed by atoms with Gasteiger partial charge < -0.3 is 15.0 Å². The van der Waals surface area contributed by atoms with E-state index in [0.717, 1.165) is 5.56 Å². The highest BCUT2D eigenvalue weighted by Crippen LogP contribution is 2.26. The summed E-state index contributed by atoms with van der Waals surface area (Å²) in [6.45, 7) is 6.41. The Labute approximate surface area is 178 Å². The predicted molar refractivity (Wildman–Crippen MR) is 117 cm³/mol. The van der Waals surface area contributed by atoms with E-state index in [4.69, 9.17) is 4.74 Å². The van der Waals surface area contributed by atoms with Crippen molar-refractivity contribution >= 4 is 21.6 Å². The topological polar surface area (TPSA) is 78.9 Å². The maximum atomic E-state index is 12.8. The van der Waals surface area contributed by atoms with Gasteiger partial charge in [-0.05, 0) is 48.9 Å². The van der Waals surface area contributed by atoms with Gasteiger partial charge in [0.05, 0.1) is 4.90 Å². The molecule has 3 rings (SSSR count). The molecule has 2 aromatic carbocycles. The minimum Gasteiger partial charge on any atom is -0.483 e. The average molecular weight is 432 g/mol. The van der Waals surface area contributed by atoms with Crippen molar-refractivity contribution in [2.45, 2.75) is 24.7 Å². The van der Waals surface area contributed by atoms with Gasteiger partial charge in [0.25, 0.3) is 5.91 Å². The minimum atomic E-state index is -3.52. The van der Waals surface area contributed by atoms with Crippen LogP contribution in [0, 0.1) is 0 Å². The zero-order valence-corrected chi connectivity index (χ0v) is 18.5. The molecule has 162 valence electrons. The van der Waals surface area contributed by atoms with Gasteiger partial charge in [-0.25, -0.2) is 8.42 Å². The summed E-state index contributed by atoms with van der Waals surface area (Å²) in [6, 6.07) is 13.9. The molecule has 8 heteroatoms. The van der Waals surface area contributed by atoms with Crippen molar-refractivity contribution in [2.75, 3.05) is 45.2 Å². The summed E-state index contributed by atoms with van der Waals surface area (Å²) in [6.07, 6.45) is 0. The monoisotopic (exact) mass is 431 g/mol. The summed E-state index contributed by atoms with van der Waals surface area (Å²) < 4.78 is 32.7. The van der Waals surface area contributed by atoms with Crippen molar-refractivity contribution in [1.29, 1.82) is 0 Å². The van der Waals surface area contributed by atoms with Crippen molar-refractivity contribution in [3.8, 4) is 5.75 Å². The Kier molecular flexibility index (Phi) is 7.12. The van der Waals surface area contributed by atoms with E-state index in [1.54, 1.807) is 12.1 Å². The third kappa shape index (κ3) is 5.38. The van der Waals surface area contributed by atoms with Crippen LogP contribution in [0.2, 0.25) is 0 Å². The number of anilines is 1. The first-order valence-corrected chi connectivity index (χ1v) is 11.5. The van der Waals surface area contributed by atoms with Crippen LogP contribution in [0.4, 0.5) is 5.69 Å². The zero-order valence-electron chi connectivity index (χ0n) is 17.7. The molecule has 1 N–H and O–H groups in total. The number of nitrogens with one attached hydrogen (secondary N) is 1. The summed E-state index contributed by atoms with van der Waals surface area (Å²) in [5.74, 6) is 0.679. The Balaban J connectivity index is 1.58. The summed E-state index contributed by atoms with van der Waals surface area (Å²) >= 11 is 0. The molecule has 1 amide bonds. The van der Waals surface area contributed by atoms with Crippen LogP contribution in [-0.4, -0.2) is 63.4 Å². The molecule has 0 atom stereocenters. The van der Waals surface area contributed by atoms with Crippen LogP contribution in [0.5, 0.6) is 5.75 Å². The highest BCUT2D eigenvalue weighted by Gasteiger charge is 2.27. The highest BCUT2D eigenvalue weighted by atomic mass is 32.2. The number of carbonyl (C=O) groups is 1. The van der Waals surface area contributed by atoms with Gasteiger partial charge in [0, 0.05) is 31.9 Å². The van der Waals surface area contributed by atoms with E-state index in [-0.39, 0.29) is 17.4 Å². The van der Waals surface area contributed by atoms with Crippen molar-refractivity contribution in [3.63, 3.8) is 0 Å². The summed E-state index contributed by atoms with van der Waals surface area (Å²) in [5, 5.41) is 2.75. The minimum absolute atomic E-state index is 0.120. The first kappa shape index (κ1) is 22.3. The van der Waals surface area contributed by atoms with Crippen LogP contribution in [0.3, 0.4) is 0 Å². The van der Waals surface area contributed by atoms with Crippen LogP contribution < -0.4 is 10.1 Å². The third-order valence-corrected chi connectivity index (χ3v) is 7.05. The van der Waals surface area contributed by atoms with E-state index in [0.29, 0.717) is 43.5 Å². The Bertz CT molecular complexity index is 966. The maximum absolute atomic E-state index is 12.8. The van der Waals surface area contributed by atoms with E-state index in [1.165, 1.54) is 16.4 Å². The molecular formula is C22H29N3O4S. The lowest BCUT2D eigenvalue weighted by Gasteiger charge is -2.31. The average Bonchev–Trinajstić information content (AvgIpc) is 2.73. The number of piperazine rings is 1. The fourth-order valence-corrected chi connectivity index (χ4v) is 4.74. The Morgan fingerprint density at radius 1 is 1.03 bits per heavy atom. The van der Waals surface area contributed by atoms with Crippen molar-refractivity contribution < 1.29 is 17.9 Å². The Hall–Kier alpha value is -2.42. The third-order valence-electron chi connectivity index (χ3n) is 5.14. The smallest absolute Gasteiger partial charge is 0.262 e. The number of para-hydroxylation sites is 1. The first-order valence-electron chi connectivity index (χ1n) is 10.1. The Morgan fingerprint density at radius 3 is 2.30 bits per heavy atom. The second kappa shape index (κ2) is 9.59. The highest BCUT2D eigenvalue weighted by molar-refractivity contribution is 7.89. The summed E-state index contributed by atoms with van der Waals surface area (Å²) in [7, 11) is -1.54. The van der Waals surface area contributed by atoms with E-state index >= 15 is 0 Å². The molecule has 7 nitrogen and oxygen atoms in total. The first-order chi connectivity index (χ1) is 14.3. The number of hydrogen-bond acceptors (Lipinski definition) is 5. The quantitative estimate of drug-likeness (QED) is 0.729. The van der Waals surface area contributed by atoms with Crippen LogP contribution in [0.15, 0.2) is 53.4 Å². The standard InChI is InChI=1S/C22H29N3O4S/c1-17(2)20-6-4-5-7-21(20)29-16-22(26)23-18-8-10-19(11-9-18)30(27,28)25-14-12-24(3)13-15-25/h4-11,17H,12-16H2,1-3H3,(H,23,26). The Morgan fingerprint density at radius 2 is 1.67 bits per heavy atom. The summed E-state index contributed by atoms with van der Waals surface area (Å²) in [5.41, 5.74) is 1.57. The van der Waals surface area contributed by atoms with Crippen molar-refractivity contribution in [3.05, 3.63) is 54.1 Å².